The van der Waals surface area contributed by atoms with E-state index in [0.29, 0.717) is 31.2 Å². The molecule has 0 saturated carbocycles. The summed E-state index contributed by atoms with van der Waals surface area (Å²) < 4.78 is 24.7. The summed E-state index contributed by atoms with van der Waals surface area (Å²) >= 11 is 0. The van der Waals surface area contributed by atoms with Crippen molar-refractivity contribution >= 4 is 11.0 Å². The number of rotatable bonds is 9. The first-order chi connectivity index (χ1) is 16.8. The molecule has 3 aromatic carbocycles. The predicted octanol–water partition coefficient (Wildman–Crippen LogP) is 5.84. The van der Waals surface area contributed by atoms with Crippen LogP contribution in [0.2, 0.25) is 0 Å². The van der Waals surface area contributed by atoms with Gasteiger partial charge in [-0.05, 0) is 55.5 Å². The Hall–Kier alpha value is -4.26. The molecule has 34 heavy (non-hydrogen) atoms. The Morgan fingerprint density at radius 2 is 1.62 bits per heavy atom. The van der Waals surface area contributed by atoms with Gasteiger partial charge in [-0.15, -0.1) is 0 Å². The van der Waals surface area contributed by atoms with Crippen molar-refractivity contribution in [2.75, 3.05) is 20.3 Å². The van der Waals surface area contributed by atoms with Crippen LogP contribution in [-0.4, -0.2) is 35.0 Å². The fourth-order valence-corrected chi connectivity index (χ4v) is 3.86. The SMILES string of the molecule is CCOc1ccccc1OCCn1c(-c2cc(-c3ccc(OC)cc3)on2)nc2ccccc21. The Kier molecular flexibility index (Phi) is 6.16. The number of nitrogens with zero attached hydrogens (tertiary/aromatic N) is 3. The molecular formula is C27H25N3O4. The molecule has 0 amide bonds. The number of fused-ring (bicyclic) bond motifs is 1. The lowest BCUT2D eigenvalue weighted by Gasteiger charge is -2.13. The Morgan fingerprint density at radius 1 is 0.882 bits per heavy atom. The molecule has 7 nitrogen and oxygen atoms in total. The van der Waals surface area contributed by atoms with Crippen molar-refractivity contribution in [1.29, 1.82) is 0 Å². The lowest BCUT2D eigenvalue weighted by molar-refractivity contribution is 0.268. The highest BCUT2D eigenvalue weighted by Gasteiger charge is 2.17. The van der Waals surface area contributed by atoms with Crippen LogP contribution in [-0.2, 0) is 6.54 Å². The van der Waals surface area contributed by atoms with E-state index < -0.39 is 0 Å². The molecule has 0 fully saturated rings. The van der Waals surface area contributed by atoms with E-state index in [9.17, 15) is 0 Å². The summed E-state index contributed by atoms with van der Waals surface area (Å²) in [6, 6.07) is 25.3. The lowest BCUT2D eigenvalue weighted by Crippen LogP contribution is -2.10. The number of para-hydroxylation sites is 4. The van der Waals surface area contributed by atoms with E-state index in [0.717, 1.165) is 39.7 Å². The van der Waals surface area contributed by atoms with Gasteiger partial charge in [0, 0.05) is 11.6 Å². The number of methoxy groups -OCH3 is 1. The zero-order valence-corrected chi connectivity index (χ0v) is 19.1. The van der Waals surface area contributed by atoms with Crippen LogP contribution in [0.4, 0.5) is 0 Å². The van der Waals surface area contributed by atoms with Gasteiger partial charge in [-0.1, -0.05) is 29.4 Å². The molecule has 5 rings (SSSR count). The van der Waals surface area contributed by atoms with Gasteiger partial charge in [0.15, 0.2) is 23.1 Å². The van der Waals surface area contributed by atoms with Crippen molar-refractivity contribution < 1.29 is 18.7 Å². The van der Waals surface area contributed by atoms with E-state index in [4.69, 9.17) is 23.7 Å². The van der Waals surface area contributed by atoms with Crippen LogP contribution in [0, 0.1) is 0 Å². The molecule has 0 N–H and O–H groups in total. The first-order valence-corrected chi connectivity index (χ1v) is 11.2. The number of benzene rings is 3. The molecule has 172 valence electrons. The van der Waals surface area contributed by atoms with Crippen LogP contribution < -0.4 is 14.2 Å². The first-order valence-electron chi connectivity index (χ1n) is 11.2. The molecule has 0 saturated heterocycles. The van der Waals surface area contributed by atoms with Crippen molar-refractivity contribution in [3.05, 3.63) is 78.9 Å². The van der Waals surface area contributed by atoms with E-state index in [-0.39, 0.29) is 0 Å². The Labute approximate surface area is 197 Å². The maximum atomic E-state index is 6.07. The van der Waals surface area contributed by atoms with Crippen molar-refractivity contribution in [3.63, 3.8) is 0 Å². The summed E-state index contributed by atoms with van der Waals surface area (Å²) in [6.45, 7) is 3.57. The molecule has 0 aliphatic heterocycles. The van der Waals surface area contributed by atoms with Crippen LogP contribution in [0.1, 0.15) is 6.92 Å². The summed E-state index contributed by atoms with van der Waals surface area (Å²) in [5.41, 5.74) is 3.48. The van der Waals surface area contributed by atoms with Gasteiger partial charge in [0.1, 0.15) is 18.1 Å². The summed E-state index contributed by atoms with van der Waals surface area (Å²) in [5, 5.41) is 4.32. The molecule has 5 aromatic rings. The molecule has 0 aliphatic carbocycles. The number of hydrogen-bond donors (Lipinski definition) is 0. The Morgan fingerprint density at radius 3 is 2.38 bits per heavy atom. The zero-order valence-electron chi connectivity index (χ0n) is 19.1. The van der Waals surface area contributed by atoms with Gasteiger partial charge in [-0.25, -0.2) is 4.98 Å². The van der Waals surface area contributed by atoms with Crippen LogP contribution in [0.5, 0.6) is 17.2 Å². The third kappa shape index (κ3) is 4.32. The van der Waals surface area contributed by atoms with Crippen molar-refractivity contribution in [1.82, 2.24) is 14.7 Å². The maximum Gasteiger partial charge on any atom is 0.167 e. The predicted molar refractivity (Wildman–Crippen MR) is 130 cm³/mol. The second-order valence-corrected chi connectivity index (χ2v) is 7.61. The van der Waals surface area contributed by atoms with Crippen molar-refractivity contribution in [3.8, 4) is 40.1 Å². The Balaban J connectivity index is 1.42. The molecule has 0 atom stereocenters. The summed E-state index contributed by atoms with van der Waals surface area (Å²) in [7, 11) is 1.64. The van der Waals surface area contributed by atoms with E-state index in [1.54, 1.807) is 7.11 Å². The highest BCUT2D eigenvalue weighted by molar-refractivity contribution is 5.80. The minimum Gasteiger partial charge on any atom is -0.497 e. The van der Waals surface area contributed by atoms with Crippen molar-refractivity contribution in [2.45, 2.75) is 13.5 Å². The molecule has 2 heterocycles. The third-order valence-corrected chi connectivity index (χ3v) is 5.49. The van der Waals surface area contributed by atoms with Crippen molar-refractivity contribution in [2.24, 2.45) is 0 Å². The van der Waals surface area contributed by atoms with Gasteiger partial charge in [-0.2, -0.15) is 0 Å². The standard InChI is InChI=1S/C27H25N3O4/c1-3-32-24-10-6-7-11-25(24)33-17-16-30-23-9-5-4-8-21(23)28-27(30)22-18-26(34-29-22)19-12-14-20(31-2)15-13-19/h4-15,18H,3,16-17H2,1-2H3. The molecule has 2 aromatic heterocycles. The second-order valence-electron chi connectivity index (χ2n) is 7.61. The molecule has 0 unspecified atom stereocenters. The average molecular weight is 456 g/mol. The number of hydrogen-bond acceptors (Lipinski definition) is 6. The highest BCUT2D eigenvalue weighted by atomic mass is 16.5. The summed E-state index contributed by atoms with van der Waals surface area (Å²) in [5.74, 6) is 3.64. The first kappa shape index (κ1) is 21.6. The van der Waals surface area contributed by atoms with Gasteiger partial charge in [0.25, 0.3) is 0 Å². The summed E-state index contributed by atoms with van der Waals surface area (Å²) in [4.78, 5) is 4.83. The van der Waals surface area contributed by atoms with Gasteiger partial charge in [0.2, 0.25) is 0 Å². The summed E-state index contributed by atoms with van der Waals surface area (Å²) in [6.07, 6.45) is 0. The quantitative estimate of drug-likeness (QED) is 0.278. The average Bonchev–Trinajstić information content (AvgIpc) is 3.51. The monoisotopic (exact) mass is 455 g/mol. The van der Waals surface area contributed by atoms with Gasteiger partial charge >= 0.3 is 0 Å². The van der Waals surface area contributed by atoms with E-state index in [2.05, 4.69) is 9.72 Å². The van der Waals surface area contributed by atoms with E-state index in [1.165, 1.54) is 0 Å². The van der Waals surface area contributed by atoms with E-state index >= 15 is 0 Å². The molecule has 0 radical (unpaired) electrons. The van der Waals surface area contributed by atoms with Gasteiger partial charge in [-0.3, -0.25) is 0 Å². The molecule has 7 heteroatoms. The van der Waals surface area contributed by atoms with E-state index in [1.807, 2.05) is 85.8 Å². The molecular weight excluding hydrogens is 430 g/mol. The van der Waals surface area contributed by atoms with Crippen LogP contribution in [0.15, 0.2) is 83.4 Å². The largest absolute Gasteiger partial charge is 0.497 e. The number of aromatic nitrogens is 3. The number of imidazole rings is 1. The minimum absolute atomic E-state index is 0.445. The second kappa shape index (κ2) is 9.70. The topological polar surface area (TPSA) is 71.5 Å². The van der Waals surface area contributed by atoms with Crippen LogP contribution in [0.25, 0.3) is 33.9 Å². The smallest absolute Gasteiger partial charge is 0.167 e. The third-order valence-electron chi connectivity index (χ3n) is 5.49. The van der Waals surface area contributed by atoms with Crippen LogP contribution in [0.3, 0.4) is 0 Å². The maximum absolute atomic E-state index is 6.07. The normalized spacial score (nSPS) is 11.0. The Bertz CT molecular complexity index is 1390. The highest BCUT2D eigenvalue weighted by Crippen LogP contribution is 2.30. The van der Waals surface area contributed by atoms with Gasteiger partial charge in [0.05, 0.1) is 31.3 Å². The van der Waals surface area contributed by atoms with Gasteiger partial charge < -0.3 is 23.3 Å². The fraction of sp³-hybridized carbons (Fsp3) is 0.185. The number of ether oxygens (including phenoxy) is 3. The zero-order chi connectivity index (χ0) is 23.3. The van der Waals surface area contributed by atoms with Crippen LogP contribution >= 0.6 is 0 Å². The molecule has 0 aliphatic rings. The fourth-order valence-electron chi connectivity index (χ4n) is 3.86. The minimum atomic E-state index is 0.445. The lowest BCUT2D eigenvalue weighted by atomic mass is 10.1. The molecule has 0 bridgehead atoms. The molecule has 0 spiro atoms.